The third-order valence-electron chi connectivity index (χ3n) is 5.37. The SMILES string of the molecule is CCCC[C@@H]1CN(c2ccccc2)c2cc(SCC)c(O/C=C(\F)C(=O)O)cc2S(=O)(=O)C1. The van der Waals surface area contributed by atoms with Gasteiger partial charge in [-0.15, -0.1) is 11.8 Å². The standard InChI is InChI=1S/C24H28FNO5S2/c1-3-5-9-17-14-26(18-10-7-6-8-11-18)20-12-22(32-4-2)21(31-15-19(25)24(27)28)13-23(20)33(29,30)16-17/h6-8,10-13,15,17H,3-5,9,14,16H2,1-2H3,(H,27,28)/b19-15-/t17-/m1/s1. The van der Waals surface area contributed by atoms with Crippen LogP contribution in [0, 0.1) is 5.92 Å². The number of nitrogens with zero attached hydrogens (tertiary/aromatic N) is 1. The summed E-state index contributed by atoms with van der Waals surface area (Å²) in [5.41, 5.74) is 1.43. The number of anilines is 2. The van der Waals surface area contributed by atoms with Gasteiger partial charge in [0, 0.05) is 18.3 Å². The van der Waals surface area contributed by atoms with Crippen molar-refractivity contribution in [3.63, 3.8) is 0 Å². The van der Waals surface area contributed by atoms with Crippen LogP contribution >= 0.6 is 11.8 Å². The molecular weight excluding hydrogens is 465 g/mol. The first-order valence-electron chi connectivity index (χ1n) is 10.9. The predicted octanol–water partition coefficient (Wildman–Crippen LogP) is 5.80. The van der Waals surface area contributed by atoms with Crippen molar-refractivity contribution in [3.05, 3.63) is 54.6 Å². The normalized spacial score (nSPS) is 17.8. The average Bonchev–Trinajstić information content (AvgIpc) is 2.90. The van der Waals surface area contributed by atoms with Gasteiger partial charge in [-0.2, -0.15) is 4.39 Å². The molecule has 0 saturated carbocycles. The minimum atomic E-state index is -3.67. The Morgan fingerprint density at radius 1 is 1.27 bits per heavy atom. The maximum Gasteiger partial charge on any atom is 0.368 e. The summed E-state index contributed by atoms with van der Waals surface area (Å²) in [6.07, 6.45) is 3.20. The summed E-state index contributed by atoms with van der Waals surface area (Å²) in [6.45, 7) is 4.57. The molecule has 1 atom stereocenters. The fourth-order valence-electron chi connectivity index (χ4n) is 3.85. The van der Waals surface area contributed by atoms with Crippen LogP contribution in [0.25, 0.3) is 0 Å². The Kier molecular flexibility index (Phi) is 8.42. The minimum Gasteiger partial charge on any atom is -0.476 e. The van der Waals surface area contributed by atoms with Gasteiger partial charge in [0.2, 0.25) is 5.83 Å². The van der Waals surface area contributed by atoms with Crippen LogP contribution < -0.4 is 9.64 Å². The fraction of sp³-hybridized carbons (Fsp3) is 0.375. The Bertz CT molecular complexity index is 1120. The second-order valence-corrected chi connectivity index (χ2v) is 11.1. The van der Waals surface area contributed by atoms with E-state index in [4.69, 9.17) is 9.84 Å². The van der Waals surface area contributed by atoms with Crippen molar-refractivity contribution in [3.8, 4) is 5.75 Å². The van der Waals surface area contributed by atoms with E-state index in [1.807, 2.05) is 42.2 Å². The fourth-order valence-corrected chi connectivity index (χ4v) is 6.45. The molecule has 0 aliphatic carbocycles. The molecule has 0 unspecified atom stereocenters. The topological polar surface area (TPSA) is 83.9 Å². The number of para-hydroxylation sites is 1. The van der Waals surface area contributed by atoms with Gasteiger partial charge in [0.1, 0.15) is 12.0 Å². The number of sulfone groups is 1. The highest BCUT2D eigenvalue weighted by Crippen LogP contribution is 2.43. The van der Waals surface area contributed by atoms with Gasteiger partial charge in [0.15, 0.2) is 9.84 Å². The van der Waals surface area contributed by atoms with Gasteiger partial charge < -0.3 is 14.7 Å². The number of carbonyl (C=O) groups is 1. The van der Waals surface area contributed by atoms with Crippen LogP contribution in [-0.4, -0.2) is 37.5 Å². The van der Waals surface area contributed by atoms with Gasteiger partial charge in [0.05, 0.1) is 21.2 Å². The molecule has 0 saturated heterocycles. The van der Waals surface area contributed by atoms with Crippen LogP contribution in [0.1, 0.15) is 33.1 Å². The summed E-state index contributed by atoms with van der Waals surface area (Å²) < 4.78 is 45.7. The number of carboxylic acid groups (broad SMARTS) is 1. The monoisotopic (exact) mass is 493 g/mol. The molecule has 1 heterocycles. The number of unbranched alkanes of at least 4 members (excludes halogenated alkanes) is 1. The Balaban J connectivity index is 2.18. The number of fused-ring (bicyclic) bond motifs is 1. The van der Waals surface area contributed by atoms with E-state index in [0.29, 0.717) is 29.1 Å². The van der Waals surface area contributed by atoms with E-state index < -0.39 is 21.6 Å². The zero-order chi connectivity index (χ0) is 24.0. The highest BCUT2D eigenvalue weighted by atomic mass is 32.2. The van der Waals surface area contributed by atoms with Crippen molar-refractivity contribution in [2.24, 2.45) is 5.92 Å². The van der Waals surface area contributed by atoms with E-state index in [-0.39, 0.29) is 22.3 Å². The van der Waals surface area contributed by atoms with Crippen LogP contribution in [0.5, 0.6) is 5.75 Å². The first kappa shape index (κ1) is 25.1. The number of benzene rings is 2. The molecule has 1 N–H and O–H groups in total. The molecule has 9 heteroatoms. The summed E-state index contributed by atoms with van der Waals surface area (Å²) in [5.74, 6) is -2.50. The maximum absolute atomic E-state index is 13.5. The van der Waals surface area contributed by atoms with E-state index in [0.717, 1.165) is 24.9 Å². The summed E-state index contributed by atoms with van der Waals surface area (Å²) in [6, 6.07) is 12.8. The Morgan fingerprint density at radius 2 is 2.00 bits per heavy atom. The maximum atomic E-state index is 13.5. The number of halogens is 1. The Hall–Kier alpha value is -2.52. The first-order chi connectivity index (χ1) is 15.8. The van der Waals surface area contributed by atoms with Crippen LogP contribution in [-0.2, 0) is 14.6 Å². The summed E-state index contributed by atoms with van der Waals surface area (Å²) >= 11 is 1.41. The second-order valence-electron chi connectivity index (χ2n) is 7.82. The van der Waals surface area contributed by atoms with Crippen molar-refractivity contribution in [2.45, 2.75) is 42.9 Å². The largest absolute Gasteiger partial charge is 0.476 e. The predicted molar refractivity (Wildman–Crippen MR) is 129 cm³/mol. The molecule has 1 aliphatic rings. The molecule has 2 aromatic carbocycles. The van der Waals surface area contributed by atoms with Crippen molar-refractivity contribution >= 4 is 38.9 Å². The van der Waals surface area contributed by atoms with Crippen molar-refractivity contribution < 1.29 is 27.4 Å². The number of thioether (sulfide) groups is 1. The Labute approximate surface area is 198 Å². The van der Waals surface area contributed by atoms with Gasteiger partial charge in [-0.05, 0) is 36.3 Å². The minimum absolute atomic E-state index is 0.00235. The third kappa shape index (κ3) is 6.09. The molecule has 33 heavy (non-hydrogen) atoms. The lowest BCUT2D eigenvalue weighted by atomic mass is 10.0. The van der Waals surface area contributed by atoms with Gasteiger partial charge >= 0.3 is 5.97 Å². The summed E-state index contributed by atoms with van der Waals surface area (Å²) in [5, 5.41) is 8.77. The third-order valence-corrected chi connectivity index (χ3v) is 8.20. The molecule has 0 aromatic heterocycles. The van der Waals surface area contributed by atoms with Crippen LogP contribution in [0.15, 0.2) is 64.3 Å². The molecule has 0 bridgehead atoms. The molecule has 0 fully saturated rings. The number of rotatable bonds is 9. The van der Waals surface area contributed by atoms with Crippen LogP contribution in [0.3, 0.4) is 0 Å². The van der Waals surface area contributed by atoms with E-state index in [9.17, 15) is 17.6 Å². The highest BCUT2D eigenvalue weighted by molar-refractivity contribution is 7.99. The lowest BCUT2D eigenvalue weighted by Gasteiger charge is -2.28. The zero-order valence-corrected chi connectivity index (χ0v) is 20.3. The molecule has 0 amide bonds. The second kappa shape index (κ2) is 11.1. The lowest BCUT2D eigenvalue weighted by molar-refractivity contribution is -0.134. The molecular formula is C24H28FNO5S2. The van der Waals surface area contributed by atoms with Gasteiger partial charge in [-0.3, -0.25) is 0 Å². The number of hydrogen-bond donors (Lipinski definition) is 1. The molecule has 178 valence electrons. The van der Waals surface area contributed by atoms with Gasteiger partial charge in [-0.1, -0.05) is 44.9 Å². The van der Waals surface area contributed by atoms with E-state index in [1.54, 1.807) is 6.07 Å². The van der Waals surface area contributed by atoms with Crippen molar-refractivity contribution in [2.75, 3.05) is 23.0 Å². The number of hydrogen-bond acceptors (Lipinski definition) is 6. The number of ether oxygens (including phenoxy) is 1. The van der Waals surface area contributed by atoms with Crippen LogP contribution in [0.4, 0.5) is 15.8 Å². The molecule has 1 aliphatic heterocycles. The molecule has 3 rings (SSSR count). The quantitative estimate of drug-likeness (QED) is 0.268. The first-order valence-corrected chi connectivity index (χ1v) is 13.5. The summed E-state index contributed by atoms with van der Waals surface area (Å²) in [7, 11) is -3.67. The molecule has 0 spiro atoms. The van der Waals surface area contributed by atoms with E-state index in [2.05, 4.69) is 6.92 Å². The zero-order valence-electron chi connectivity index (χ0n) is 18.7. The van der Waals surface area contributed by atoms with E-state index >= 15 is 0 Å². The Morgan fingerprint density at radius 3 is 2.64 bits per heavy atom. The highest BCUT2D eigenvalue weighted by Gasteiger charge is 2.33. The number of aliphatic carboxylic acids is 1. The molecule has 0 radical (unpaired) electrons. The van der Waals surface area contributed by atoms with Crippen molar-refractivity contribution in [1.29, 1.82) is 0 Å². The molecule has 6 nitrogen and oxygen atoms in total. The van der Waals surface area contributed by atoms with Gasteiger partial charge in [-0.25, -0.2) is 13.2 Å². The van der Waals surface area contributed by atoms with E-state index in [1.165, 1.54) is 17.8 Å². The smallest absolute Gasteiger partial charge is 0.368 e. The molecule has 2 aromatic rings. The average molecular weight is 494 g/mol. The van der Waals surface area contributed by atoms with Crippen molar-refractivity contribution in [1.82, 2.24) is 0 Å². The van der Waals surface area contributed by atoms with Gasteiger partial charge in [0.25, 0.3) is 0 Å². The lowest BCUT2D eigenvalue weighted by Crippen LogP contribution is -2.26. The van der Waals surface area contributed by atoms with Crippen LogP contribution in [0.2, 0.25) is 0 Å². The summed E-state index contributed by atoms with van der Waals surface area (Å²) in [4.78, 5) is 13.5. The number of carboxylic acids is 1.